The molecule has 0 aliphatic heterocycles. The number of nitrogens with zero attached hydrogens (tertiary/aromatic N) is 2. The fraction of sp³-hybridized carbons (Fsp3) is 0.111. The summed E-state index contributed by atoms with van der Waals surface area (Å²) in [6.07, 6.45) is 3.15. The Morgan fingerprint density at radius 3 is 2.48 bits per heavy atom. The molecule has 1 aromatic heterocycles. The summed E-state index contributed by atoms with van der Waals surface area (Å²) < 4.78 is 34.2. The minimum atomic E-state index is -3.86. The number of sulfonamides is 1. The highest BCUT2D eigenvalue weighted by atomic mass is 35.5. The zero-order valence-corrected chi connectivity index (χ0v) is 16.1. The third-order valence-corrected chi connectivity index (χ3v) is 5.42. The highest BCUT2D eigenvalue weighted by Crippen LogP contribution is 2.24. The molecular weight excluding hydrogens is 390 g/mol. The number of ether oxygens (including phenoxy) is 1. The summed E-state index contributed by atoms with van der Waals surface area (Å²) in [5, 5.41) is 0.225. The minimum Gasteiger partial charge on any atom is -0.497 e. The van der Waals surface area contributed by atoms with E-state index in [0.29, 0.717) is 5.75 Å². The summed E-state index contributed by atoms with van der Waals surface area (Å²) in [6.45, 7) is 0. The smallest absolute Gasteiger partial charge is 0.261 e. The summed E-state index contributed by atoms with van der Waals surface area (Å²) in [6, 6.07) is 10.2. The van der Waals surface area contributed by atoms with Gasteiger partial charge in [-0.15, -0.1) is 0 Å². The Morgan fingerprint density at radius 2 is 1.89 bits per heavy atom. The van der Waals surface area contributed by atoms with Gasteiger partial charge in [0.25, 0.3) is 10.0 Å². The monoisotopic (exact) mass is 405 g/mol. The average molecular weight is 406 g/mol. The third kappa shape index (κ3) is 4.12. The molecule has 2 aromatic carbocycles. The Labute approximate surface area is 161 Å². The number of methoxy groups -OCH3 is 1. The van der Waals surface area contributed by atoms with Crippen molar-refractivity contribution >= 4 is 33.1 Å². The number of nitrogens with one attached hydrogen (secondary N) is 1. The summed E-state index contributed by atoms with van der Waals surface area (Å²) in [5.41, 5.74) is 0.403. The van der Waals surface area contributed by atoms with Crippen LogP contribution < -0.4 is 9.46 Å². The van der Waals surface area contributed by atoms with Gasteiger partial charge in [-0.2, -0.15) is 0 Å². The maximum Gasteiger partial charge on any atom is 0.261 e. The van der Waals surface area contributed by atoms with Crippen molar-refractivity contribution in [1.82, 2.24) is 9.55 Å². The molecule has 0 amide bonds. The molecule has 0 aliphatic rings. The van der Waals surface area contributed by atoms with E-state index in [1.807, 2.05) is 0 Å². The number of aromatic nitrogens is 2. The number of hydrogen-bond acceptors (Lipinski definition) is 5. The average Bonchev–Trinajstić information content (AvgIpc) is 3.06. The number of ketones is 1. The molecule has 1 N–H and O–H groups in total. The minimum absolute atomic E-state index is 0.0558. The molecule has 0 bridgehead atoms. The highest BCUT2D eigenvalue weighted by molar-refractivity contribution is 7.92. The molecule has 0 aliphatic carbocycles. The van der Waals surface area contributed by atoms with E-state index in [2.05, 4.69) is 9.71 Å². The second kappa shape index (κ2) is 7.42. The van der Waals surface area contributed by atoms with Crippen molar-refractivity contribution in [2.24, 2.45) is 7.05 Å². The van der Waals surface area contributed by atoms with Crippen molar-refractivity contribution in [2.75, 3.05) is 11.8 Å². The molecule has 7 nitrogen and oxygen atoms in total. The van der Waals surface area contributed by atoms with Crippen LogP contribution >= 0.6 is 11.6 Å². The molecule has 0 radical (unpaired) electrons. The van der Waals surface area contributed by atoms with E-state index in [-0.39, 0.29) is 32.8 Å². The summed E-state index contributed by atoms with van der Waals surface area (Å²) in [4.78, 5) is 16.7. The number of anilines is 1. The van der Waals surface area contributed by atoms with Crippen LogP contribution in [0, 0.1) is 0 Å². The molecule has 0 spiro atoms. The predicted molar refractivity (Wildman–Crippen MR) is 102 cm³/mol. The lowest BCUT2D eigenvalue weighted by atomic mass is 10.1. The molecule has 0 saturated carbocycles. The van der Waals surface area contributed by atoms with Crippen LogP contribution in [0.2, 0.25) is 5.02 Å². The van der Waals surface area contributed by atoms with Gasteiger partial charge in [-0.05, 0) is 42.5 Å². The molecule has 0 atom stereocenters. The standard InChI is InChI=1S/C18H16ClN3O4S/c1-22-8-7-20-18(22)17(23)12-9-13(19)11-14(10-12)21-27(24,25)16-5-3-15(26-2)4-6-16/h3-11,21H,1-2H3. The fourth-order valence-corrected chi connectivity index (χ4v) is 3.74. The number of hydrogen-bond donors (Lipinski definition) is 1. The van der Waals surface area contributed by atoms with Crippen LogP contribution in [0.15, 0.2) is 59.8 Å². The summed E-state index contributed by atoms with van der Waals surface area (Å²) >= 11 is 6.08. The van der Waals surface area contributed by atoms with Crippen molar-refractivity contribution in [3.63, 3.8) is 0 Å². The van der Waals surface area contributed by atoms with E-state index in [1.165, 1.54) is 43.6 Å². The number of aryl methyl sites for hydroxylation is 1. The van der Waals surface area contributed by atoms with Crippen molar-refractivity contribution in [1.29, 1.82) is 0 Å². The van der Waals surface area contributed by atoms with Crippen LogP contribution in [0.4, 0.5) is 5.69 Å². The van der Waals surface area contributed by atoms with Crippen molar-refractivity contribution in [3.05, 3.63) is 71.3 Å². The lowest BCUT2D eigenvalue weighted by molar-refractivity contribution is 0.102. The van der Waals surface area contributed by atoms with E-state index < -0.39 is 10.0 Å². The zero-order valence-electron chi connectivity index (χ0n) is 14.5. The van der Waals surface area contributed by atoms with Gasteiger partial charge in [0.2, 0.25) is 5.78 Å². The van der Waals surface area contributed by atoms with Crippen LogP contribution in [0.5, 0.6) is 5.75 Å². The van der Waals surface area contributed by atoms with Gasteiger partial charge >= 0.3 is 0 Å². The molecule has 0 saturated heterocycles. The van der Waals surface area contributed by atoms with Crippen molar-refractivity contribution in [3.8, 4) is 5.75 Å². The predicted octanol–water partition coefficient (Wildman–Crippen LogP) is 3.11. The number of halogens is 1. The van der Waals surface area contributed by atoms with Gasteiger partial charge in [-0.3, -0.25) is 9.52 Å². The van der Waals surface area contributed by atoms with Crippen LogP contribution in [-0.4, -0.2) is 30.9 Å². The Kier molecular flexibility index (Phi) is 5.20. The number of benzene rings is 2. The topological polar surface area (TPSA) is 90.3 Å². The first-order valence-electron chi connectivity index (χ1n) is 7.79. The third-order valence-electron chi connectivity index (χ3n) is 3.81. The number of rotatable bonds is 6. The van der Waals surface area contributed by atoms with Crippen LogP contribution in [0.3, 0.4) is 0 Å². The molecule has 1 heterocycles. The van der Waals surface area contributed by atoms with Crippen LogP contribution in [0.25, 0.3) is 0 Å². The maximum absolute atomic E-state index is 12.6. The van der Waals surface area contributed by atoms with E-state index in [1.54, 1.807) is 29.9 Å². The van der Waals surface area contributed by atoms with Crippen LogP contribution in [-0.2, 0) is 17.1 Å². The number of imidazole rings is 1. The zero-order chi connectivity index (χ0) is 19.6. The Morgan fingerprint density at radius 1 is 1.19 bits per heavy atom. The van der Waals surface area contributed by atoms with Crippen LogP contribution in [0.1, 0.15) is 16.2 Å². The van der Waals surface area contributed by atoms with E-state index in [9.17, 15) is 13.2 Å². The second-order valence-electron chi connectivity index (χ2n) is 5.70. The first-order chi connectivity index (χ1) is 12.8. The molecule has 0 unspecified atom stereocenters. The van der Waals surface area contributed by atoms with E-state index in [0.717, 1.165) is 0 Å². The second-order valence-corrected chi connectivity index (χ2v) is 7.82. The van der Waals surface area contributed by atoms with Gasteiger partial charge in [0.05, 0.1) is 17.7 Å². The van der Waals surface area contributed by atoms with E-state index >= 15 is 0 Å². The van der Waals surface area contributed by atoms with Gasteiger partial charge in [0, 0.05) is 30.0 Å². The maximum atomic E-state index is 12.6. The normalized spacial score (nSPS) is 11.2. The van der Waals surface area contributed by atoms with Gasteiger partial charge in [0.1, 0.15) is 5.75 Å². The first kappa shape index (κ1) is 18.9. The lowest BCUT2D eigenvalue weighted by Gasteiger charge is -2.11. The first-order valence-corrected chi connectivity index (χ1v) is 9.66. The Bertz CT molecular complexity index is 1090. The van der Waals surface area contributed by atoms with Gasteiger partial charge in [-0.1, -0.05) is 11.6 Å². The quantitative estimate of drug-likeness (QED) is 0.636. The number of carbonyl (C=O) groups is 1. The summed E-state index contributed by atoms with van der Waals surface area (Å²) in [7, 11) is -0.669. The molecule has 27 heavy (non-hydrogen) atoms. The molecular formula is C18H16ClN3O4S. The molecule has 140 valence electrons. The van der Waals surface area contributed by atoms with Crippen molar-refractivity contribution in [2.45, 2.75) is 4.90 Å². The highest BCUT2D eigenvalue weighted by Gasteiger charge is 2.18. The van der Waals surface area contributed by atoms with Crippen molar-refractivity contribution < 1.29 is 17.9 Å². The fourth-order valence-electron chi connectivity index (χ4n) is 2.46. The molecule has 0 fully saturated rings. The van der Waals surface area contributed by atoms with Gasteiger partial charge in [0.15, 0.2) is 5.82 Å². The molecule has 9 heteroatoms. The Balaban J connectivity index is 1.92. The molecule has 3 rings (SSSR count). The lowest BCUT2D eigenvalue weighted by Crippen LogP contribution is -2.14. The Hall–Kier alpha value is -2.84. The van der Waals surface area contributed by atoms with E-state index in [4.69, 9.17) is 16.3 Å². The SMILES string of the molecule is COc1ccc(S(=O)(=O)Nc2cc(Cl)cc(C(=O)c3nccn3C)c2)cc1. The number of carbonyl (C=O) groups excluding carboxylic acids is 1. The largest absolute Gasteiger partial charge is 0.497 e. The summed E-state index contributed by atoms with van der Waals surface area (Å²) in [5.74, 6) is 0.399. The van der Waals surface area contributed by atoms with Gasteiger partial charge < -0.3 is 9.30 Å². The molecule has 3 aromatic rings. The van der Waals surface area contributed by atoms with Gasteiger partial charge in [-0.25, -0.2) is 13.4 Å².